The molecule has 15 heavy (non-hydrogen) atoms. The molecule has 1 saturated heterocycles. The van der Waals surface area contributed by atoms with E-state index in [1.165, 1.54) is 0 Å². The summed E-state index contributed by atoms with van der Waals surface area (Å²) in [6, 6.07) is 1.74. The largest absolute Gasteiger partial charge is 0.341 e. The highest BCUT2D eigenvalue weighted by Crippen LogP contribution is 2.15. The quantitative estimate of drug-likeness (QED) is 0.683. The van der Waals surface area contributed by atoms with Crippen molar-refractivity contribution in [2.45, 2.75) is 19.4 Å². The maximum absolute atomic E-state index is 11.6. The van der Waals surface area contributed by atoms with Crippen LogP contribution in [0.15, 0.2) is 10.9 Å². The van der Waals surface area contributed by atoms with Crippen molar-refractivity contribution in [2.75, 3.05) is 18.0 Å². The number of aromatic nitrogens is 2. The minimum absolute atomic E-state index is 0.0158. The zero-order chi connectivity index (χ0) is 11.0. The lowest BCUT2D eigenvalue weighted by molar-refractivity contribution is 0.733. The first-order valence-electron chi connectivity index (χ1n) is 5.13. The normalized spacial score (nSPS) is 21.0. The van der Waals surface area contributed by atoms with Crippen LogP contribution in [0, 0.1) is 6.92 Å². The molecule has 1 fully saturated rings. The van der Waals surface area contributed by atoms with E-state index in [0.29, 0.717) is 0 Å². The Morgan fingerprint density at radius 1 is 1.60 bits per heavy atom. The van der Waals surface area contributed by atoms with Gasteiger partial charge < -0.3 is 10.6 Å². The van der Waals surface area contributed by atoms with Gasteiger partial charge in [0, 0.05) is 37.9 Å². The molecule has 0 aliphatic carbocycles. The molecule has 1 aliphatic rings. The topological polar surface area (TPSA) is 64.2 Å². The van der Waals surface area contributed by atoms with Crippen LogP contribution in [-0.4, -0.2) is 28.7 Å². The molecule has 5 heteroatoms. The minimum atomic E-state index is -0.0158. The second kappa shape index (κ2) is 3.66. The zero-order valence-electron chi connectivity index (χ0n) is 9.10. The predicted molar refractivity (Wildman–Crippen MR) is 59.0 cm³/mol. The van der Waals surface area contributed by atoms with E-state index in [0.717, 1.165) is 31.2 Å². The Morgan fingerprint density at radius 3 is 2.93 bits per heavy atom. The van der Waals surface area contributed by atoms with E-state index in [2.05, 4.69) is 9.88 Å². The van der Waals surface area contributed by atoms with Crippen LogP contribution in [-0.2, 0) is 7.05 Å². The summed E-state index contributed by atoms with van der Waals surface area (Å²) >= 11 is 0. The molecule has 1 unspecified atom stereocenters. The summed E-state index contributed by atoms with van der Waals surface area (Å²) in [4.78, 5) is 18.0. The van der Waals surface area contributed by atoms with E-state index in [1.807, 2.05) is 6.92 Å². The van der Waals surface area contributed by atoms with E-state index in [9.17, 15) is 4.79 Å². The molecule has 1 aliphatic heterocycles. The van der Waals surface area contributed by atoms with Gasteiger partial charge in [0.25, 0.3) is 5.56 Å². The summed E-state index contributed by atoms with van der Waals surface area (Å²) in [6.45, 7) is 3.50. The Morgan fingerprint density at radius 2 is 2.33 bits per heavy atom. The first kappa shape index (κ1) is 10.2. The molecule has 82 valence electrons. The molecule has 2 N–H and O–H groups in total. The zero-order valence-corrected chi connectivity index (χ0v) is 9.10. The van der Waals surface area contributed by atoms with Crippen molar-refractivity contribution < 1.29 is 0 Å². The number of hydrogen-bond donors (Lipinski definition) is 1. The smallest absolute Gasteiger partial charge is 0.254 e. The van der Waals surface area contributed by atoms with Gasteiger partial charge in [0.2, 0.25) is 5.95 Å². The fourth-order valence-electron chi connectivity index (χ4n) is 1.89. The van der Waals surface area contributed by atoms with Crippen molar-refractivity contribution in [1.29, 1.82) is 0 Å². The second-order valence-corrected chi connectivity index (χ2v) is 4.09. The molecule has 5 nitrogen and oxygen atoms in total. The maximum Gasteiger partial charge on any atom is 0.254 e. The molecule has 0 aromatic carbocycles. The minimum Gasteiger partial charge on any atom is -0.341 e. The highest BCUT2D eigenvalue weighted by molar-refractivity contribution is 5.34. The lowest BCUT2D eigenvalue weighted by Crippen LogP contribution is -2.32. The number of nitrogens with zero attached hydrogens (tertiary/aromatic N) is 3. The first-order chi connectivity index (χ1) is 7.08. The molecule has 2 heterocycles. The standard InChI is InChI=1S/C10H16N4O/c1-7-5-9(15)13(2)10(12-7)14-4-3-8(11)6-14/h5,8H,3-4,6,11H2,1-2H3. The van der Waals surface area contributed by atoms with Crippen molar-refractivity contribution in [2.24, 2.45) is 12.8 Å². The van der Waals surface area contributed by atoms with E-state index >= 15 is 0 Å². The van der Waals surface area contributed by atoms with Crippen molar-refractivity contribution in [1.82, 2.24) is 9.55 Å². The lowest BCUT2D eigenvalue weighted by Gasteiger charge is -2.19. The summed E-state index contributed by atoms with van der Waals surface area (Å²) in [6.07, 6.45) is 0.962. The number of nitrogens with two attached hydrogens (primary N) is 1. The van der Waals surface area contributed by atoms with Gasteiger partial charge in [0.15, 0.2) is 0 Å². The SMILES string of the molecule is Cc1cc(=O)n(C)c(N2CCC(N)C2)n1. The molecule has 0 saturated carbocycles. The van der Waals surface area contributed by atoms with Gasteiger partial charge in [-0.05, 0) is 13.3 Å². The molecule has 1 aromatic heterocycles. The first-order valence-corrected chi connectivity index (χ1v) is 5.13. The van der Waals surface area contributed by atoms with Gasteiger partial charge in [-0.3, -0.25) is 9.36 Å². The third kappa shape index (κ3) is 1.87. The number of hydrogen-bond acceptors (Lipinski definition) is 4. The van der Waals surface area contributed by atoms with E-state index in [1.54, 1.807) is 17.7 Å². The molecular weight excluding hydrogens is 192 g/mol. The molecule has 2 rings (SSSR count). The summed E-state index contributed by atoms with van der Waals surface area (Å²) < 4.78 is 1.57. The average Bonchev–Trinajstić information content (AvgIpc) is 2.58. The maximum atomic E-state index is 11.6. The number of aryl methyl sites for hydroxylation is 1. The third-order valence-electron chi connectivity index (χ3n) is 2.75. The fraction of sp³-hybridized carbons (Fsp3) is 0.600. The molecule has 1 atom stereocenters. The second-order valence-electron chi connectivity index (χ2n) is 4.09. The van der Waals surface area contributed by atoms with Crippen LogP contribution in [0.5, 0.6) is 0 Å². The van der Waals surface area contributed by atoms with Crippen LogP contribution < -0.4 is 16.2 Å². The van der Waals surface area contributed by atoms with Crippen LogP contribution in [0.4, 0.5) is 5.95 Å². The number of rotatable bonds is 1. The van der Waals surface area contributed by atoms with Gasteiger partial charge in [0.05, 0.1) is 0 Å². The fourth-order valence-corrected chi connectivity index (χ4v) is 1.89. The van der Waals surface area contributed by atoms with Crippen molar-refractivity contribution >= 4 is 5.95 Å². The molecule has 0 spiro atoms. The summed E-state index contributed by atoms with van der Waals surface area (Å²) in [5.74, 6) is 0.730. The lowest BCUT2D eigenvalue weighted by atomic mass is 10.3. The number of anilines is 1. The van der Waals surface area contributed by atoms with Crippen LogP contribution in [0.25, 0.3) is 0 Å². The highest BCUT2D eigenvalue weighted by atomic mass is 16.1. The van der Waals surface area contributed by atoms with E-state index in [4.69, 9.17) is 5.73 Å². The van der Waals surface area contributed by atoms with Gasteiger partial charge in [-0.25, -0.2) is 4.98 Å². The molecule has 0 amide bonds. The average molecular weight is 208 g/mol. The Kier molecular flexibility index (Phi) is 2.48. The summed E-state index contributed by atoms with van der Waals surface area (Å²) in [5.41, 5.74) is 6.57. The molecule has 0 radical (unpaired) electrons. The highest BCUT2D eigenvalue weighted by Gasteiger charge is 2.22. The van der Waals surface area contributed by atoms with Gasteiger partial charge in [-0.1, -0.05) is 0 Å². The monoisotopic (exact) mass is 208 g/mol. The van der Waals surface area contributed by atoms with Crippen LogP contribution in [0.1, 0.15) is 12.1 Å². The van der Waals surface area contributed by atoms with Gasteiger partial charge >= 0.3 is 0 Å². The Bertz CT molecular complexity index is 426. The van der Waals surface area contributed by atoms with Gasteiger partial charge in [-0.15, -0.1) is 0 Å². The van der Waals surface area contributed by atoms with E-state index in [-0.39, 0.29) is 11.6 Å². The van der Waals surface area contributed by atoms with Crippen molar-refractivity contribution in [3.63, 3.8) is 0 Å². The predicted octanol–water partition coefficient (Wildman–Crippen LogP) is -0.374. The van der Waals surface area contributed by atoms with Crippen LogP contribution >= 0.6 is 0 Å². The van der Waals surface area contributed by atoms with E-state index < -0.39 is 0 Å². The van der Waals surface area contributed by atoms with Crippen LogP contribution in [0.3, 0.4) is 0 Å². The third-order valence-corrected chi connectivity index (χ3v) is 2.75. The van der Waals surface area contributed by atoms with Crippen LogP contribution in [0.2, 0.25) is 0 Å². The molecule has 1 aromatic rings. The molecule has 0 bridgehead atoms. The van der Waals surface area contributed by atoms with Gasteiger partial charge in [-0.2, -0.15) is 0 Å². The summed E-state index contributed by atoms with van der Waals surface area (Å²) in [7, 11) is 1.74. The Hall–Kier alpha value is -1.36. The van der Waals surface area contributed by atoms with Crippen molar-refractivity contribution in [3.05, 3.63) is 22.1 Å². The molecular formula is C10H16N4O. The Labute approximate surface area is 88.5 Å². The van der Waals surface area contributed by atoms with Gasteiger partial charge in [0.1, 0.15) is 0 Å². The van der Waals surface area contributed by atoms with Crippen molar-refractivity contribution in [3.8, 4) is 0 Å². The summed E-state index contributed by atoms with van der Waals surface area (Å²) in [5, 5.41) is 0. The Balaban J connectivity index is 2.39.